The number of carbonyl (C=O) groups is 1. The van der Waals surface area contributed by atoms with Crippen molar-refractivity contribution in [2.24, 2.45) is 0 Å². The fourth-order valence-electron chi connectivity index (χ4n) is 1.83. The number of hydrogen-bond donors (Lipinski definition) is 0. The Morgan fingerprint density at radius 3 is 3.10 bits per heavy atom. The molecule has 0 aromatic carbocycles. The van der Waals surface area contributed by atoms with Gasteiger partial charge in [-0.25, -0.2) is 4.98 Å². The van der Waals surface area contributed by atoms with Gasteiger partial charge in [0, 0.05) is 19.0 Å². The zero-order valence-electron chi connectivity index (χ0n) is 10.6. The molecular weight excluding hydrogens is 260 g/mol. The monoisotopic (exact) mass is 272 g/mol. The molecule has 20 heavy (non-hydrogen) atoms. The fourth-order valence-corrected chi connectivity index (χ4v) is 1.83. The van der Waals surface area contributed by atoms with E-state index in [0.717, 1.165) is 5.56 Å². The largest absolute Gasteiger partial charge is 0.472 e. The van der Waals surface area contributed by atoms with Crippen LogP contribution in [0.3, 0.4) is 0 Å². The minimum Gasteiger partial charge on any atom is -0.472 e. The van der Waals surface area contributed by atoms with Crippen molar-refractivity contribution in [1.29, 1.82) is 0 Å². The highest BCUT2D eigenvalue weighted by Gasteiger charge is 2.14. The number of hydrogen-bond acceptors (Lipinski definition) is 6. The molecule has 0 fully saturated rings. The number of nitrogens with zero attached hydrogens (tertiary/aromatic N) is 4. The van der Waals surface area contributed by atoms with E-state index in [-0.39, 0.29) is 5.78 Å². The molecule has 0 unspecified atom stereocenters. The summed E-state index contributed by atoms with van der Waals surface area (Å²) >= 11 is 0. The maximum absolute atomic E-state index is 12.0. The van der Waals surface area contributed by atoms with Gasteiger partial charge in [-0.05, 0) is 12.5 Å². The quantitative estimate of drug-likeness (QED) is 0.639. The Kier molecular flexibility index (Phi) is 3.40. The van der Waals surface area contributed by atoms with E-state index >= 15 is 0 Å². The number of Topliss-reactive ketones (excluding diaryl/α,β-unsaturated/α-hetero) is 1. The van der Waals surface area contributed by atoms with E-state index < -0.39 is 0 Å². The highest BCUT2D eigenvalue weighted by Crippen LogP contribution is 2.21. The van der Waals surface area contributed by atoms with Gasteiger partial charge in [0.2, 0.25) is 0 Å². The second kappa shape index (κ2) is 5.52. The normalized spacial score (nSPS) is 10.8. The maximum Gasteiger partial charge on any atom is 0.184 e. The van der Waals surface area contributed by atoms with Crippen molar-refractivity contribution in [3.8, 4) is 11.3 Å². The van der Waals surface area contributed by atoms with Crippen LogP contribution in [0.2, 0.25) is 0 Å². The second-order valence-corrected chi connectivity index (χ2v) is 4.27. The summed E-state index contributed by atoms with van der Waals surface area (Å²) in [7, 11) is 0. The molecule has 7 heteroatoms. The molecule has 0 N–H and O–H groups in total. The number of carbonyl (C=O) groups excluding carboxylic acids is 1. The molecule has 0 aliphatic carbocycles. The van der Waals surface area contributed by atoms with Crippen LogP contribution in [0.5, 0.6) is 0 Å². The van der Waals surface area contributed by atoms with Gasteiger partial charge in [0.25, 0.3) is 0 Å². The predicted molar refractivity (Wildman–Crippen MR) is 67.8 cm³/mol. The Labute approximate surface area is 114 Å². The van der Waals surface area contributed by atoms with E-state index in [4.69, 9.17) is 8.94 Å². The molecule has 3 aromatic rings. The van der Waals surface area contributed by atoms with E-state index in [1.165, 1.54) is 12.6 Å². The van der Waals surface area contributed by atoms with E-state index in [9.17, 15) is 4.79 Å². The van der Waals surface area contributed by atoms with Gasteiger partial charge in [0.05, 0.1) is 11.8 Å². The topological polar surface area (TPSA) is 87.0 Å². The molecule has 0 spiro atoms. The predicted octanol–water partition coefficient (Wildman–Crippen LogP) is 2.19. The SMILES string of the molecule is O=C(CCCn1cncn1)c1cc(-c2ccoc2)on1. The summed E-state index contributed by atoms with van der Waals surface area (Å²) in [6, 6.07) is 3.38. The highest BCUT2D eigenvalue weighted by molar-refractivity contribution is 5.94. The van der Waals surface area contributed by atoms with E-state index in [0.29, 0.717) is 30.8 Å². The molecule has 102 valence electrons. The van der Waals surface area contributed by atoms with Crippen molar-refractivity contribution in [3.63, 3.8) is 0 Å². The molecule has 0 atom stereocenters. The Bertz CT molecular complexity index is 670. The van der Waals surface area contributed by atoms with Crippen LogP contribution >= 0.6 is 0 Å². The first-order valence-electron chi connectivity index (χ1n) is 6.18. The zero-order chi connectivity index (χ0) is 13.8. The number of aryl methyl sites for hydroxylation is 1. The summed E-state index contributed by atoms with van der Waals surface area (Å²) in [5.74, 6) is 0.474. The Morgan fingerprint density at radius 1 is 1.40 bits per heavy atom. The standard InChI is InChI=1S/C13H12N4O3/c18-12(2-1-4-17-9-14-8-15-17)11-6-13(20-16-11)10-3-5-19-7-10/h3,5-9H,1-2,4H2. The third-order valence-corrected chi connectivity index (χ3v) is 2.86. The van der Waals surface area contributed by atoms with Crippen molar-refractivity contribution < 1.29 is 13.7 Å². The van der Waals surface area contributed by atoms with Gasteiger partial charge in [0.1, 0.15) is 24.6 Å². The summed E-state index contributed by atoms with van der Waals surface area (Å²) in [6.07, 6.45) is 7.23. The third kappa shape index (κ3) is 2.66. The van der Waals surface area contributed by atoms with Crippen LogP contribution in [0.1, 0.15) is 23.3 Å². The number of furan rings is 1. The van der Waals surface area contributed by atoms with Gasteiger partial charge in [-0.1, -0.05) is 5.16 Å². The smallest absolute Gasteiger partial charge is 0.184 e. The molecule has 0 bridgehead atoms. The fraction of sp³-hybridized carbons (Fsp3) is 0.231. The van der Waals surface area contributed by atoms with Gasteiger partial charge in [-0.15, -0.1) is 0 Å². The van der Waals surface area contributed by atoms with E-state index in [1.807, 2.05) is 0 Å². The number of rotatable bonds is 6. The van der Waals surface area contributed by atoms with Crippen LogP contribution in [0.25, 0.3) is 11.3 Å². The first-order valence-corrected chi connectivity index (χ1v) is 6.18. The van der Waals surface area contributed by atoms with Gasteiger partial charge < -0.3 is 8.94 Å². The lowest BCUT2D eigenvalue weighted by Gasteiger charge is -1.98. The third-order valence-electron chi connectivity index (χ3n) is 2.86. The minimum atomic E-state index is -0.0522. The van der Waals surface area contributed by atoms with Crippen molar-refractivity contribution in [2.45, 2.75) is 19.4 Å². The van der Waals surface area contributed by atoms with E-state index in [1.54, 1.807) is 29.4 Å². The molecule has 0 saturated carbocycles. The number of ketones is 1. The molecule has 0 aliphatic rings. The van der Waals surface area contributed by atoms with Crippen LogP contribution in [-0.4, -0.2) is 25.7 Å². The number of aromatic nitrogens is 4. The highest BCUT2D eigenvalue weighted by atomic mass is 16.5. The molecule has 7 nitrogen and oxygen atoms in total. The van der Waals surface area contributed by atoms with Gasteiger partial charge >= 0.3 is 0 Å². The van der Waals surface area contributed by atoms with Crippen molar-refractivity contribution in [3.05, 3.63) is 43.0 Å². The van der Waals surface area contributed by atoms with Crippen LogP contribution in [0.4, 0.5) is 0 Å². The molecular formula is C13H12N4O3. The summed E-state index contributed by atoms with van der Waals surface area (Å²) in [5.41, 5.74) is 1.10. The van der Waals surface area contributed by atoms with Crippen LogP contribution in [0, 0.1) is 0 Å². The van der Waals surface area contributed by atoms with Crippen molar-refractivity contribution in [2.75, 3.05) is 0 Å². The summed E-state index contributed by atoms with van der Waals surface area (Å²) < 4.78 is 11.8. The molecule has 0 radical (unpaired) electrons. The first-order chi connectivity index (χ1) is 9.83. The molecule has 0 saturated heterocycles. The second-order valence-electron chi connectivity index (χ2n) is 4.27. The van der Waals surface area contributed by atoms with Crippen LogP contribution in [0.15, 0.2) is 46.3 Å². The zero-order valence-corrected chi connectivity index (χ0v) is 10.6. The Hall–Kier alpha value is -2.70. The summed E-state index contributed by atoms with van der Waals surface area (Å²) in [6.45, 7) is 0.651. The van der Waals surface area contributed by atoms with Crippen LogP contribution in [-0.2, 0) is 6.54 Å². The molecule has 3 rings (SSSR count). The van der Waals surface area contributed by atoms with Crippen LogP contribution < -0.4 is 0 Å². The first kappa shape index (κ1) is 12.3. The average Bonchev–Trinajstić information content (AvgIpc) is 3.20. The lowest BCUT2D eigenvalue weighted by atomic mass is 10.1. The molecule has 3 heterocycles. The van der Waals surface area contributed by atoms with Gasteiger partial charge in [0.15, 0.2) is 11.5 Å². The Morgan fingerprint density at radius 2 is 2.35 bits per heavy atom. The molecule has 0 amide bonds. The van der Waals surface area contributed by atoms with Crippen molar-refractivity contribution in [1.82, 2.24) is 19.9 Å². The Balaban J connectivity index is 1.57. The van der Waals surface area contributed by atoms with Gasteiger partial charge in [-0.3, -0.25) is 9.48 Å². The lowest BCUT2D eigenvalue weighted by Crippen LogP contribution is -2.04. The molecule has 0 aliphatic heterocycles. The maximum atomic E-state index is 12.0. The summed E-state index contributed by atoms with van der Waals surface area (Å²) in [5, 5.41) is 7.76. The van der Waals surface area contributed by atoms with Crippen molar-refractivity contribution >= 4 is 5.78 Å². The lowest BCUT2D eigenvalue weighted by molar-refractivity contribution is 0.0969. The molecule has 3 aromatic heterocycles. The average molecular weight is 272 g/mol. The minimum absolute atomic E-state index is 0.0522. The summed E-state index contributed by atoms with van der Waals surface area (Å²) in [4.78, 5) is 15.8. The van der Waals surface area contributed by atoms with E-state index in [2.05, 4.69) is 15.2 Å². The van der Waals surface area contributed by atoms with Gasteiger partial charge in [-0.2, -0.15) is 5.10 Å².